The van der Waals surface area contributed by atoms with Gasteiger partial charge in [-0.3, -0.25) is 9.59 Å². The van der Waals surface area contributed by atoms with Gasteiger partial charge in [-0.25, -0.2) is 9.37 Å². The third-order valence-corrected chi connectivity index (χ3v) is 6.40. The molecule has 1 amide bonds. The van der Waals surface area contributed by atoms with E-state index in [0.717, 1.165) is 23.9 Å². The number of anilines is 1. The summed E-state index contributed by atoms with van der Waals surface area (Å²) in [6, 6.07) is 10.2. The van der Waals surface area contributed by atoms with Crippen molar-refractivity contribution in [2.45, 2.75) is 32.5 Å². The second-order valence-electron chi connectivity index (χ2n) is 8.65. The van der Waals surface area contributed by atoms with E-state index in [4.69, 9.17) is 11.6 Å². The van der Waals surface area contributed by atoms with Gasteiger partial charge in [0.1, 0.15) is 11.6 Å². The lowest BCUT2D eigenvalue weighted by Crippen LogP contribution is -2.40. The molecule has 0 saturated carbocycles. The summed E-state index contributed by atoms with van der Waals surface area (Å²) in [5.74, 6) is -2.32. The number of H-pyrrole nitrogens is 1. The third kappa shape index (κ3) is 5.70. The molecular formula is C25H23ClF4N4O2. The van der Waals surface area contributed by atoms with Crippen molar-refractivity contribution >= 4 is 23.2 Å². The van der Waals surface area contributed by atoms with Crippen LogP contribution in [-0.2, 0) is 17.5 Å². The zero-order valence-electron chi connectivity index (χ0n) is 19.3. The first kappa shape index (κ1) is 25.7. The van der Waals surface area contributed by atoms with Crippen molar-refractivity contribution in [3.63, 3.8) is 0 Å². The molecular weight excluding hydrogens is 500 g/mol. The van der Waals surface area contributed by atoms with Crippen molar-refractivity contribution < 1.29 is 22.4 Å². The molecule has 0 radical (unpaired) electrons. The van der Waals surface area contributed by atoms with Crippen LogP contribution in [0.4, 0.5) is 23.2 Å². The highest BCUT2D eigenvalue weighted by Gasteiger charge is 2.37. The van der Waals surface area contributed by atoms with Gasteiger partial charge in [-0.1, -0.05) is 17.7 Å². The van der Waals surface area contributed by atoms with Crippen LogP contribution in [0, 0.1) is 18.7 Å². The first-order chi connectivity index (χ1) is 17.0. The van der Waals surface area contributed by atoms with E-state index in [9.17, 15) is 22.8 Å². The first-order valence-corrected chi connectivity index (χ1v) is 11.7. The zero-order chi connectivity index (χ0) is 26.0. The zero-order valence-corrected chi connectivity index (χ0v) is 20.0. The molecule has 6 nitrogen and oxygen atoms in total. The molecule has 0 spiro atoms. The Kier molecular flexibility index (Phi) is 7.35. The monoisotopic (exact) mass is 522 g/mol. The molecule has 1 aliphatic rings. The van der Waals surface area contributed by atoms with Crippen LogP contribution in [0.1, 0.15) is 29.7 Å². The Bertz CT molecular complexity index is 1320. The number of aryl methyl sites for hydroxylation is 1. The lowest BCUT2D eigenvalue weighted by atomic mass is 9.95. The van der Waals surface area contributed by atoms with Gasteiger partial charge in [0.25, 0.3) is 5.56 Å². The van der Waals surface area contributed by atoms with Gasteiger partial charge in [0, 0.05) is 53.6 Å². The van der Waals surface area contributed by atoms with E-state index in [1.807, 2.05) is 12.1 Å². The maximum absolute atomic E-state index is 15.3. The summed E-state index contributed by atoms with van der Waals surface area (Å²) in [4.78, 5) is 32.7. The number of carbonyl (C=O) groups excluding carboxylic acids is 1. The molecule has 1 fully saturated rings. The molecule has 1 saturated heterocycles. The highest BCUT2D eigenvalue weighted by atomic mass is 35.5. The van der Waals surface area contributed by atoms with Crippen molar-refractivity contribution in [3.8, 4) is 11.4 Å². The third-order valence-electron chi connectivity index (χ3n) is 6.14. The highest BCUT2D eigenvalue weighted by Crippen LogP contribution is 2.38. The summed E-state index contributed by atoms with van der Waals surface area (Å²) in [6.45, 7) is 2.41. The molecule has 3 aromatic rings. The average Bonchev–Trinajstić information content (AvgIpc) is 2.82. The summed E-state index contributed by atoms with van der Waals surface area (Å²) in [5, 5.41) is 3.28. The minimum atomic E-state index is -4.88. The Balaban J connectivity index is 1.48. The van der Waals surface area contributed by atoms with E-state index >= 15 is 4.39 Å². The summed E-state index contributed by atoms with van der Waals surface area (Å²) in [7, 11) is 0. The number of halogens is 5. The fraction of sp³-hybridized carbons (Fsp3) is 0.320. The number of hydrogen-bond acceptors (Lipinski definition) is 4. The van der Waals surface area contributed by atoms with Gasteiger partial charge in [-0.15, -0.1) is 0 Å². The van der Waals surface area contributed by atoms with Gasteiger partial charge < -0.3 is 15.2 Å². The standard InChI is InChI=1S/C25H23ClF4N4O2/c1-14-12-20(35)33-23(32-14)21-19(25(28,29)30)7-2-16(22(21)27)13-31-24(36)15-8-10-34(11-9-15)18-5-3-17(26)4-6-18/h2-7,12,15H,8-11,13H2,1H3,(H,31,36)(H,32,33,35). The summed E-state index contributed by atoms with van der Waals surface area (Å²) in [6.07, 6.45) is -3.73. The van der Waals surface area contributed by atoms with Crippen molar-refractivity contribution in [1.82, 2.24) is 15.3 Å². The first-order valence-electron chi connectivity index (χ1n) is 11.3. The molecule has 2 aromatic carbocycles. The van der Waals surface area contributed by atoms with E-state index in [2.05, 4.69) is 20.2 Å². The highest BCUT2D eigenvalue weighted by molar-refractivity contribution is 6.30. The molecule has 0 bridgehead atoms. The van der Waals surface area contributed by atoms with Crippen LogP contribution in [0.5, 0.6) is 0 Å². The normalized spacial score (nSPS) is 14.7. The summed E-state index contributed by atoms with van der Waals surface area (Å²) in [5.41, 5.74) is -1.82. The van der Waals surface area contributed by atoms with Crippen LogP contribution in [0.2, 0.25) is 5.02 Å². The Labute approximate surface area is 209 Å². The van der Waals surface area contributed by atoms with Crippen molar-refractivity contribution in [1.29, 1.82) is 0 Å². The molecule has 2 N–H and O–H groups in total. The second-order valence-corrected chi connectivity index (χ2v) is 9.09. The topological polar surface area (TPSA) is 78.1 Å². The van der Waals surface area contributed by atoms with Gasteiger partial charge >= 0.3 is 6.18 Å². The molecule has 1 aromatic heterocycles. The molecule has 11 heteroatoms. The molecule has 36 heavy (non-hydrogen) atoms. The maximum Gasteiger partial charge on any atom is 0.417 e. The SMILES string of the molecule is Cc1cc(=O)[nH]c(-c2c(C(F)(F)F)ccc(CNC(=O)C3CCN(c4ccc(Cl)cc4)CC3)c2F)n1. The molecule has 0 aliphatic carbocycles. The van der Waals surface area contributed by atoms with Crippen LogP contribution < -0.4 is 15.8 Å². The lowest BCUT2D eigenvalue weighted by molar-refractivity contribution is -0.137. The van der Waals surface area contributed by atoms with Crippen molar-refractivity contribution in [3.05, 3.63) is 80.5 Å². The smallest absolute Gasteiger partial charge is 0.371 e. The van der Waals surface area contributed by atoms with E-state index in [0.29, 0.717) is 31.0 Å². The Hall–Kier alpha value is -3.40. The van der Waals surface area contributed by atoms with Crippen LogP contribution in [0.3, 0.4) is 0 Å². The van der Waals surface area contributed by atoms with Gasteiger partial charge in [-0.2, -0.15) is 13.2 Å². The molecule has 1 aliphatic heterocycles. The lowest BCUT2D eigenvalue weighted by Gasteiger charge is -2.33. The number of hydrogen-bond donors (Lipinski definition) is 2. The number of rotatable bonds is 5. The Morgan fingerprint density at radius 2 is 1.83 bits per heavy atom. The number of piperidine rings is 1. The fourth-order valence-electron chi connectivity index (χ4n) is 4.30. The minimum absolute atomic E-state index is 0.143. The van der Waals surface area contributed by atoms with Crippen molar-refractivity contribution in [2.24, 2.45) is 5.92 Å². The van der Waals surface area contributed by atoms with Gasteiger partial charge in [0.15, 0.2) is 0 Å². The number of aromatic amines is 1. The maximum atomic E-state index is 15.3. The number of alkyl halides is 3. The largest absolute Gasteiger partial charge is 0.417 e. The number of benzene rings is 2. The summed E-state index contributed by atoms with van der Waals surface area (Å²) < 4.78 is 56.2. The van der Waals surface area contributed by atoms with E-state index in [1.165, 1.54) is 6.92 Å². The second kappa shape index (κ2) is 10.3. The van der Waals surface area contributed by atoms with Gasteiger partial charge in [0.05, 0.1) is 11.1 Å². The number of carbonyl (C=O) groups is 1. The van der Waals surface area contributed by atoms with Crippen molar-refractivity contribution in [2.75, 3.05) is 18.0 Å². The summed E-state index contributed by atoms with van der Waals surface area (Å²) >= 11 is 5.93. The Morgan fingerprint density at radius 1 is 1.17 bits per heavy atom. The molecule has 4 rings (SSSR count). The molecule has 0 unspecified atom stereocenters. The van der Waals surface area contributed by atoms with Crippen LogP contribution >= 0.6 is 11.6 Å². The molecule has 2 heterocycles. The predicted octanol–water partition coefficient (Wildman–Crippen LogP) is 5.09. The average molecular weight is 523 g/mol. The van der Waals surface area contributed by atoms with Crippen LogP contribution in [-0.4, -0.2) is 29.0 Å². The number of nitrogens with zero attached hydrogens (tertiary/aromatic N) is 2. The fourth-order valence-corrected chi connectivity index (χ4v) is 4.43. The van der Waals surface area contributed by atoms with Crippen LogP contribution in [0.15, 0.2) is 47.3 Å². The van der Waals surface area contributed by atoms with Crippen LogP contribution in [0.25, 0.3) is 11.4 Å². The molecule has 0 atom stereocenters. The van der Waals surface area contributed by atoms with E-state index in [-0.39, 0.29) is 29.6 Å². The number of aromatic nitrogens is 2. The number of amides is 1. The predicted molar refractivity (Wildman–Crippen MR) is 128 cm³/mol. The number of nitrogens with one attached hydrogen (secondary N) is 2. The molecule has 190 valence electrons. The van der Waals surface area contributed by atoms with Gasteiger partial charge in [0.2, 0.25) is 5.91 Å². The quantitative estimate of drug-likeness (QED) is 0.458. The van der Waals surface area contributed by atoms with E-state index < -0.39 is 34.5 Å². The minimum Gasteiger partial charge on any atom is -0.371 e. The Morgan fingerprint density at radius 3 is 2.44 bits per heavy atom. The van der Waals surface area contributed by atoms with Gasteiger partial charge in [-0.05, 0) is 50.1 Å². The van der Waals surface area contributed by atoms with E-state index in [1.54, 1.807) is 12.1 Å².